The smallest absolute Gasteiger partial charge is 0.306 e. The van der Waals surface area contributed by atoms with Crippen LogP contribution in [0.1, 0.15) is 56.8 Å². The molecule has 3 rings (SSSR count). The molecule has 1 aliphatic rings. The molecule has 1 heterocycles. The van der Waals surface area contributed by atoms with E-state index in [1.54, 1.807) is 0 Å². The van der Waals surface area contributed by atoms with E-state index in [1.165, 1.54) is 24.3 Å². The fraction of sp³-hybridized carbons (Fsp3) is 0.273. The first-order valence-corrected chi connectivity index (χ1v) is 11.7. The van der Waals surface area contributed by atoms with Gasteiger partial charge >= 0.3 is 5.97 Å². The van der Waals surface area contributed by atoms with Crippen LogP contribution in [0.2, 0.25) is 20.1 Å². The third-order valence-corrected chi connectivity index (χ3v) is 7.01. The van der Waals surface area contributed by atoms with Gasteiger partial charge in [-0.15, -0.1) is 0 Å². The molecular formula is C22H16Cl4N2O7. The monoisotopic (exact) mass is 560 g/mol. The summed E-state index contributed by atoms with van der Waals surface area (Å²) in [6, 6.07) is 4.95. The lowest BCUT2D eigenvalue weighted by molar-refractivity contribution is -0.384. The molecule has 2 aromatic rings. The molecule has 0 aromatic heterocycles. The highest BCUT2D eigenvalue weighted by molar-refractivity contribution is 6.55. The highest BCUT2D eigenvalue weighted by Crippen LogP contribution is 2.44. The van der Waals surface area contributed by atoms with Crippen LogP contribution in [0, 0.1) is 10.1 Å². The Morgan fingerprint density at radius 2 is 1.40 bits per heavy atom. The highest BCUT2D eigenvalue weighted by Gasteiger charge is 2.41. The molecule has 0 fully saturated rings. The van der Waals surface area contributed by atoms with Crippen LogP contribution in [0.4, 0.5) is 5.69 Å². The summed E-state index contributed by atoms with van der Waals surface area (Å²) < 4.78 is 4.95. The van der Waals surface area contributed by atoms with Gasteiger partial charge in [0.15, 0.2) is 12.4 Å². The molecule has 0 unspecified atom stereocenters. The summed E-state index contributed by atoms with van der Waals surface area (Å²) >= 11 is 24.1. The number of hydrogen-bond donors (Lipinski definition) is 0. The maximum atomic E-state index is 12.7. The van der Waals surface area contributed by atoms with Gasteiger partial charge in [0.1, 0.15) is 0 Å². The van der Waals surface area contributed by atoms with Gasteiger partial charge in [-0.2, -0.15) is 0 Å². The first-order valence-electron chi connectivity index (χ1n) is 10.2. The Morgan fingerprint density at radius 3 is 1.91 bits per heavy atom. The van der Waals surface area contributed by atoms with Gasteiger partial charge in [0.25, 0.3) is 17.5 Å². The van der Waals surface area contributed by atoms with Crippen LogP contribution in [0.25, 0.3) is 0 Å². The number of nitro groups is 1. The van der Waals surface area contributed by atoms with Crippen molar-refractivity contribution in [3.8, 4) is 0 Å². The van der Waals surface area contributed by atoms with Crippen molar-refractivity contribution in [2.45, 2.75) is 25.7 Å². The number of unbranched alkanes of at least 4 members (excludes halogenated alkanes) is 2. The van der Waals surface area contributed by atoms with Gasteiger partial charge in [0.2, 0.25) is 0 Å². The molecule has 9 nitrogen and oxygen atoms in total. The van der Waals surface area contributed by atoms with Crippen molar-refractivity contribution >= 4 is 75.7 Å². The number of carbonyl (C=O) groups excluding carboxylic acids is 4. The number of halogens is 4. The van der Waals surface area contributed by atoms with Gasteiger partial charge in [-0.1, -0.05) is 52.8 Å². The zero-order valence-corrected chi connectivity index (χ0v) is 20.8. The normalized spacial score (nSPS) is 12.6. The third kappa shape index (κ3) is 5.75. The standard InChI is InChI=1S/C22H16Cl4N2O7/c23-17-15-16(18(24)20(26)19(17)25)22(32)27(21(15)31)9-3-1-2-4-14(30)35-10-13(29)11-5-7-12(8-6-11)28(33)34/h5-8H,1-4,9-10H2. The van der Waals surface area contributed by atoms with Crippen molar-refractivity contribution in [3.05, 3.63) is 71.2 Å². The van der Waals surface area contributed by atoms with E-state index < -0.39 is 35.1 Å². The zero-order valence-electron chi connectivity index (χ0n) is 17.8. The van der Waals surface area contributed by atoms with Crippen LogP contribution in [0.5, 0.6) is 0 Å². The van der Waals surface area contributed by atoms with Crippen LogP contribution in [0.3, 0.4) is 0 Å². The molecule has 0 saturated carbocycles. The third-order valence-electron chi connectivity index (χ3n) is 5.21. The lowest BCUT2D eigenvalue weighted by Crippen LogP contribution is -2.30. The number of fused-ring (bicyclic) bond motifs is 1. The largest absolute Gasteiger partial charge is 0.457 e. The molecule has 0 N–H and O–H groups in total. The number of Topliss-reactive ketones (excluding diaryl/α,β-unsaturated/α-hetero) is 1. The lowest BCUT2D eigenvalue weighted by atomic mass is 10.1. The van der Waals surface area contributed by atoms with Crippen LogP contribution in [-0.4, -0.2) is 46.5 Å². The van der Waals surface area contributed by atoms with Crippen molar-refractivity contribution < 1.29 is 28.8 Å². The van der Waals surface area contributed by atoms with Gasteiger partial charge < -0.3 is 4.74 Å². The summed E-state index contributed by atoms with van der Waals surface area (Å²) in [6.07, 6.45) is 1.31. The van der Waals surface area contributed by atoms with Crippen molar-refractivity contribution in [2.75, 3.05) is 13.2 Å². The molecule has 184 valence electrons. The van der Waals surface area contributed by atoms with E-state index in [4.69, 9.17) is 51.1 Å². The Morgan fingerprint density at radius 1 is 0.857 bits per heavy atom. The van der Waals surface area contributed by atoms with Crippen molar-refractivity contribution in [1.82, 2.24) is 4.90 Å². The first kappa shape index (κ1) is 26.9. The number of nitrogens with zero attached hydrogens (tertiary/aromatic N) is 2. The average Bonchev–Trinajstić information content (AvgIpc) is 3.09. The second-order valence-corrected chi connectivity index (χ2v) is 8.98. The van der Waals surface area contributed by atoms with E-state index >= 15 is 0 Å². The molecule has 0 atom stereocenters. The van der Waals surface area contributed by atoms with Gasteiger partial charge in [-0.25, -0.2) is 0 Å². The van der Waals surface area contributed by atoms with E-state index in [2.05, 4.69) is 0 Å². The number of imide groups is 1. The fourth-order valence-electron chi connectivity index (χ4n) is 3.39. The van der Waals surface area contributed by atoms with Crippen LogP contribution in [-0.2, 0) is 9.53 Å². The number of benzene rings is 2. The molecule has 0 aliphatic carbocycles. The number of non-ortho nitro benzene ring substituents is 1. The number of ketones is 1. The maximum Gasteiger partial charge on any atom is 0.306 e. The molecule has 2 aromatic carbocycles. The predicted octanol–water partition coefficient (Wildman–Crippen LogP) is 5.79. The van der Waals surface area contributed by atoms with E-state index in [9.17, 15) is 29.3 Å². The van der Waals surface area contributed by atoms with Crippen molar-refractivity contribution in [1.29, 1.82) is 0 Å². The van der Waals surface area contributed by atoms with E-state index in [1.807, 2.05) is 0 Å². The maximum absolute atomic E-state index is 12.7. The Kier molecular flexibility index (Phi) is 8.71. The minimum absolute atomic E-state index is 0.0263. The molecule has 0 spiro atoms. The molecule has 0 bridgehead atoms. The molecular weight excluding hydrogens is 546 g/mol. The number of carbonyl (C=O) groups is 4. The number of rotatable bonds is 10. The number of esters is 1. The molecule has 2 amide bonds. The van der Waals surface area contributed by atoms with Crippen LogP contribution < -0.4 is 0 Å². The summed E-state index contributed by atoms with van der Waals surface area (Å²) in [7, 11) is 0. The van der Waals surface area contributed by atoms with Gasteiger partial charge in [-0.05, 0) is 25.0 Å². The SMILES string of the molecule is O=C(CCCCCN1C(=O)c2c(Cl)c(Cl)c(Cl)c(Cl)c2C1=O)OCC(=O)c1ccc([N+](=O)[O-])cc1. The number of amides is 2. The summed E-state index contributed by atoms with van der Waals surface area (Å²) in [5, 5.41) is 10.2. The van der Waals surface area contributed by atoms with E-state index in [0.29, 0.717) is 19.3 Å². The number of ether oxygens (including phenoxy) is 1. The quantitative estimate of drug-likeness (QED) is 0.0525. The first-order chi connectivity index (χ1) is 16.5. The Hall–Kier alpha value is -2.72. The summed E-state index contributed by atoms with van der Waals surface area (Å²) in [5.41, 5.74) is -0.139. The lowest BCUT2D eigenvalue weighted by Gasteiger charge is -2.13. The van der Waals surface area contributed by atoms with Gasteiger partial charge in [0.05, 0.1) is 36.1 Å². The van der Waals surface area contributed by atoms with Gasteiger partial charge in [0, 0.05) is 30.7 Å². The molecule has 35 heavy (non-hydrogen) atoms. The Bertz CT molecular complexity index is 1180. The summed E-state index contributed by atoms with van der Waals surface area (Å²) in [4.78, 5) is 60.3. The molecule has 13 heteroatoms. The van der Waals surface area contributed by atoms with E-state index in [0.717, 1.165) is 4.90 Å². The molecule has 0 saturated heterocycles. The predicted molar refractivity (Wildman–Crippen MR) is 129 cm³/mol. The summed E-state index contributed by atoms with van der Waals surface area (Å²) in [5.74, 6) is -2.33. The average molecular weight is 562 g/mol. The van der Waals surface area contributed by atoms with Crippen molar-refractivity contribution in [3.63, 3.8) is 0 Å². The van der Waals surface area contributed by atoms with Crippen LogP contribution >= 0.6 is 46.4 Å². The zero-order chi connectivity index (χ0) is 25.9. The highest BCUT2D eigenvalue weighted by atomic mass is 35.5. The Labute approximate surface area is 219 Å². The summed E-state index contributed by atoms with van der Waals surface area (Å²) in [6.45, 7) is -0.416. The Balaban J connectivity index is 1.42. The van der Waals surface area contributed by atoms with Crippen molar-refractivity contribution in [2.24, 2.45) is 0 Å². The number of hydrogen-bond acceptors (Lipinski definition) is 7. The molecule has 0 radical (unpaired) electrons. The van der Waals surface area contributed by atoms with Gasteiger partial charge in [-0.3, -0.25) is 34.2 Å². The minimum atomic E-state index is -0.625. The molecule has 1 aliphatic heterocycles. The van der Waals surface area contributed by atoms with Crippen LogP contribution in [0.15, 0.2) is 24.3 Å². The second-order valence-electron chi connectivity index (χ2n) is 7.47. The fourth-order valence-corrected chi connectivity index (χ4v) is 4.40. The minimum Gasteiger partial charge on any atom is -0.457 e. The van der Waals surface area contributed by atoms with E-state index in [-0.39, 0.29) is 55.4 Å². The number of nitro benzene ring substituents is 1. The second kappa shape index (κ2) is 11.3. The topological polar surface area (TPSA) is 124 Å².